The fourth-order valence-corrected chi connectivity index (χ4v) is 0.733. The van der Waals surface area contributed by atoms with Crippen LogP contribution in [0.4, 0.5) is 0 Å². The van der Waals surface area contributed by atoms with E-state index in [0.717, 1.165) is 0 Å². The standard InChI is InChI=1S/C8H14O4.Ba.2H/c1-7(2,3)8(4,5(9)10)6(11)12;;;/h1-4H3,(H,9,10)(H,11,12);;;. The molecule has 0 heterocycles. The maximum atomic E-state index is 10.7. The Morgan fingerprint density at radius 3 is 1.15 bits per heavy atom. The van der Waals surface area contributed by atoms with E-state index in [0.29, 0.717) is 0 Å². The molecule has 0 aliphatic rings. The zero-order valence-corrected chi connectivity index (χ0v) is 7.71. The summed E-state index contributed by atoms with van der Waals surface area (Å²) in [5.74, 6) is -2.61. The third kappa shape index (κ3) is 2.99. The molecule has 0 aromatic carbocycles. The van der Waals surface area contributed by atoms with E-state index in [1.54, 1.807) is 20.8 Å². The SMILES string of the molecule is CC(C)(C)C(C)(C(=O)O)C(=O)O.[BaH2]. The number of carbonyl (C=O) groups is 2. The van der Waals surface area contributed by atoms with Crippen molar-refractivity contribution in [2.24, 2.45) is 10.8 Å². The van der Waals surface area contributed by atoms with E-state index >= 15 is 0 Å². The summed E-state index contributed by atoms with van der Waals surface area (Å²) < 4.78 is 0. The molecule has 0 fully saturated rings. The molecule has 5 heteroatoms. The molecular weight excluding hydrogens is 297 g/mol. The van der Waals surface area contributed by atoms with Crippen molar-refractivity contribution in [3.05, 3.63) is 0 Å². The van der Waals surface area contributed by atoms with Crippen LogP contribution < -0.4 is 0 Å². The summed E-state index contributed by atoms with van der Waals surface area (Å²) in [4.78, 5) is 21.5. The summed E-state index contributed by atoms with van der Waals surface area (Å²) >= 11 is 0. The van der Waals surface area contributed by atoms with E-state index in [2.05, 4.69) is 0 Å². The first-order valence-electron chi connectivity index (χ1n) is 3.61. The van der Waals surface area contributed by atoms with Crippen molar-refractivity contribution < 1.29 is 19.8 Å². The van der Waals surface area contributed by atoms with Gasteiger partial charge in [0.1, 0.15) is 0 Å². The molecular formula is C8H16BaO4. The summed E-state index contributed by atoms with van der Waals surface area (Å²) in [6.07, 6.45) is 0. The third-order valence-electron chi connectivity index (χ3n) is 2.36. The van der Waals surface area contributed by atoms with Crippen LogP contribution in [0.3, 0.4) is 0 Å². The van der Waals surface area contributed by atoms with Crippen LogP contribution in [-0.2, 0) is 9.59 Å². The summed E-state index contributed by atoms with van der Waals surface area (Å²) in [7, 11) is 0. The van der Waals surface area contributed by atoms with E-state index in [1.807, 2.05) is 0 Å². The van der Waals surface area contributed by atoms with E-state index in [-0.39, 0.29) is 48.9 Å². The van der Waals surface area contributed by atoms with Crippen molar-refractivity contribution >= 4 is 60.8 Å². The molecule has 0 unspecified atom stereocenters. The Kier molecular flexibility index (Phi) is 5.94. The van der Waals surface area contributed by atoms with Crippen molar-refractivity contribution in [1.29, 1.82) is 0 Å². The van der Waals surface area contributed by atoms with Crippen LogP contribution in [-0.4, -0.2) is 71.0 Å². The molecule has 0 saturated heterocycles. The van der Waals surface area contributed by atoms with Crippen LogP contribution in [0.15, 0.2) is 0 Å². The predicted molar refractivity (Wildman–Crippen MR) is 51.4 cm³/mol. The molecule has 74 valence electrons. The molecule has 0 aromatic rings. The molecule has 0 radical (unpaired) electrons. The Balaban J connectivity index is 0. The van der Waals surface area contributed by atoms with Crippen molar-refractivity contribution in [2.75, 3.05) is 0 Å². The topological polar surface area (TPSA) is 74.6 Å². The Labute approximate surface area is 118 Å². The van der Waals surface area contributed by atoms with E-state index in [1.165, 1.54) is 6.92 Å². The van der Waals surface area contributed by atoms with Crippen LogP contribution in [0.1, 0.15) is 27.7 Å². The minimum atomic E-state index is -1.73. The number of rotatable bonds is 2. The van der Waals surface area contributed by atoms with Crippen molar-refractivity contribution in [1.82, 2.24) is 0 Å². The third-order valence-corrected chi connectivity index (χ3v) is 2.36. The summed E-state index contributed by atoms with van der Waals surface area (Å²) in [5.41, 5.74) is -2.53. The zero-order chi connectivity index (χ0) is 10.2. The van der Waals surface area contributed by atoms with Gasteiger partial charge in [-0.1, -0.05) is 20.8 Å². The minimum absolute atomic E-state index is 0. The van der Waals surface area contributed by atoms with E-state index in [9.17, 15) is 9.59 Å². The van der Waals surface area contributed by atoms with Gasteiger partial charge in [0.05, 0.1) is 0 Å². The maximum absolute atomic E-state index is 10.7. The second-order valence-electron chi connectivity index (χ2n) is 3.99. The van der Waals surface area contributed by atoms with Crippen LogP contribution in [0.25, 0.3) is 0 Å². The Hall–Kier alpha value is 0.511. The molecule has 0 amide bonds. The summed E-state index contributed by atoms with van der Waals surface area (Å²) in [6, 6.07) is 0. The quantitative estimate of drug-likeness (QED) is 0.568. The average molecular weight is 314 g/mol. The fraction of sp³-hybridized carbons (Fsp3) is 0.750. The van der Waals surface area contributed by atoms with Crippen LogP contribution in [0, 0.1) is 10.8 Å². The first-order chi connectivity index (χ1) is 5.14. The van der Waals surface area contributed by atoms with Gasteiger partial charge >= 0.3 is 60.8 Å². The second-order valence-corrected chi connectivity index (χ2v) is 3.99. The molecule has 0 rings (SSSR count). The molecule has 0 aromatic heterocycles. The molecule has 0 bridgehead atoms. The van der Waals surface area contributed by atoms with Crippen LogP contribution in [0.5, 0.6) is 0 Å². The van der Waals surface area contributed by atoms with Crippen molar-refractivity contribution in [3.8, 4) is 0 Å². The molecule has 0 spiro atoms. The Bertz CT molecular complexity index is 203. The van der Waals surface area contributed by atoms with Gasteiger partial charge in [0.25, 0.3) is 0 Å². The molecule has 4 nitrogen and oxygen atoms in total. The van der Waals surface area contributed by atoms with Gasteiger partial charge in [-0.05, 0) is 12.3 Å². The van der Waals surface area contributed by atoms with Gasteiger partial charge in [0.2, 0.25) is 0 Å². The summed E-state index contributed by atoms with van der Waals surface area (Å²) in [6.45, 7) is 6.00. The van der Waals surface area contributed by atoms with Crippen LogP contribution in [0.2, 0.25) is 0 Å². The van der Waals surface area contributed by atoms with Gasteiger partial charge in [0, 0.05) is 0 Å². The number of carboxylic acid groups (broad SMARTS) is 2. The van der Waals surface area contributed by atoms with Gasteiger partial charge in [-0.15, -0.1) is 0 Å². The average Bonchev–Trinajstić information content (AvgIpc) is 1.82. The van der Waals surface area contributed by atoms with E-state index in [4.69, 9.17) is 10.2 Å². The molecule has 0 atom stereocenters. The van der Waals surface area contributed by atoms with Crippen molar-refractivity contribution in [3.63, 3.8) is 0 Å². The number of carboxylic acids is 2. The predicted octanol–water partition coefficient (Wildman–Crippen LogP) is 0.292. The molecule has 0 saturated carbocycles. The van der Waals surface area contributed by atoms with E-state index < -0.39 is 22.8 Å². The number of aliphatic carboxylic acids is 2. The normalized spacial score (nSPS) is 11.7. The molecule has 0 aliphatic carbocycles. The van der Waals surface area contributed by atoms with Gasteiger partial charge in [-0.25, -0.2) is 0 Å². The summed E-state index contributed by atoms with van der Waals surface area (Å²) in [5, 5.41) is 17.5. The van der Waals surface area contributed by atoms with Gasteiger partial charge < -0.3 is 10.2 Å². The van der Waals surface area contributed by atoms with Gasteiger partial charge in [0.15, 0.2) is 5.41 Å². The number of hydrogen-bond donors (Lipinski definition) is 2. The fourth-order valence-electron chi connectivity index (χ4n) is 0.733. The van der Waals surface area contributed by atoms with Crippen LogP contribution >= 0.6 is 0 Å². The first kappa shape index (κ1) is 16.0. The van der Waals surface area contributed by atoms with Crippen molar-refractivity contribution in [2.45, 2.75) is 27.7 Å². The molecule has 0 aliphatic heterocycles. The Morgan fingerprint density at radius 2 is 1.15 bits per heavy atom. The zero-order valence-electron chi connectivity index (χ0n) is 7.71. The number of hydrogen-bond acceptors (Lipinski definition) is 2. The Morgan fingerprint density at radius 1 is 0.923 bits per heavy atom. The van der Waals surface area contributed by atoms with Gasteiger partial charge in [-0.3, -0.25) is 9.59 Å². The second kappa shape index (κ2) is 4.84. The molecule has 2 N–H and O–H groups in total. The monoisotopic (exact) mass is 314 g/mol. The molecule has 13 heavy (non-hydrogen) atoms. The van der Waals surface area contributed by atoms with Gasteiger partial charge in [-0.2, -0.15) is 0 Å². The first-order valence-corrected chi connectivity index (χ1v) is 3.61.